The van der Waals surface area contributed by atoms with Crippen molar-refractivity contribution in [2.45, 2.75) is 45.8 Å². The maximum Gasteiger partial charge on any atom is 0.412 e. The molecular formula is C15H23ClN2O2. The highest BCUT2D eigenvalue weighted by molar-refractivity contribution is 6.31. The van der Waals surface area contributed by atoms with Crippen molar-refractivity contribution in [3.8, 4) is 0 Å². The number of ether oxygens (including phenoxy) is 1. The van der Waals surface area contributed by atoms with Gasteiger partial charge in [0.05, 0.1) is 0 Å². The minimum Gasteiger partial charge on any atom is -0.444 e. The van der Waals surface area contributed by atoms with Gasteiger partial charge in [-0.3, -0.25) is 5.32 Å². The first-order valence-corrected chi connectivity index (χ1v) is 6.92. The predicted octanol–water partition coefficient (Wildman–Crippen LogP) is 4.14. The zero-order valence-electron chi connectivity index (χ0n) is 12.9. The van der Waals surface area contributed by atoms with Gasteiger partial charge < -0.3 is 10.1 Å². The number of amides is 1. The Morgan fingerprint density at radius 3 is 2.30 bits per heavy atom. The van der Waals surface area contributed by atoms with E-state index in [1.807, 2.05) is 47.7 Å². The van der Waals surface area contributed by atoms with Crippen molar-refractivity contribution in [3.05, 3.63) is 28.8 Å². The van der Waals surface area contributed by atoms with Gasteiger partial charge in [0.2, 0.25) is 0 Å². The zero-order chi connectivity index (χ0) is 15.6. The normalized spacial score (nSPS) is 12.2. The average Bonchev–Trinajstić information content (AvgIpc) is 2.29. The summed E-state index contributed by atoms with van der Waals surface area (Å²) in [4.78, 5) is 11.8. The number of benzene rings is 1. The Morgan fingerprint density at radius 1 is 1.20 bits per heavy atom. The molecule has 112 valence electrons. The minimum absolute atomic E-state index is 0.289. The van der Waals surface area contributed by atoms with Crippen molar-refractivity contribution in [1.29, 1.82) is 0 Å². The fourth-order valence-corrected chi connectivity index (χ4v) is 1.99. The number of halogens is 1. The number of carbonyl (C=O) groups is 1. The Kier molecular flexibility index (Phi) is 5.05. The molecule has 20 heavy (non-hydrogen) atoms. The van der Waals surface area contributed by atoms with Crippen LogP contribution in [0.1, 0.15) is 40.2 Å². The molecule has 0 aliphatic heterocycles. The third kappa shape index (κ3) is 4.69. The Hall–Kier alpha value is -1.26. The van der Waals surface area contributed by atoms with Crippen molar-refractivity contribution in [3.63, 3.8) is 0 Å². The molecule has 0 bridgehead atoms. The van der Waals surface area contributed by atoms with Gasteiger partial charge in [-0.1, -0.05) is 11.6 Å². The van der Waals surface area contributed by atoms with Crippen LogP contribution in [-0.2, 0) is 10.3 Å². The first-order valence-electron chi connectivity index (χ1n) is 6.54. The molecule has 0 saturated carbocycles. The molecule has 1 aromatic rings. The lowest BCUT2D eigenvalue weighted by atomic mass is 9.94. The van der Waals surface area contributed by atoms with E-state index in [1.165, 1.54) is 0 Å². The number of anilines is 1. The number of hydrogen-bond acceptors (Lipinski definition) is 3. The van der Waals surface area contributed by atoms with Gasteiger partial charge in [0.25, 0.3) is 0 Å². The van der Waals surface area contributed by atoms with Crippen LogP contribution in [0.15, 0.2) is 18.2 Å². The molecule has 0 aliphatic carbocycles. The Balaban J connectivity index is 2.94. The first kappa shape index (κ1) is 16.8. The zero-order valence-corrected chi connectivity index (χ0v) is 13.7. The van der Waals surface area contributed by atoms with E-state index in [0.29, 0.717) is 10.7 Å². The SMILES string of the molecule is CNC(C)(C)c1cc(NC(=O)OC(C)(C)C)ccc1Cl. The second-order valence-corrected chi connectivity index (χ2v) is 6.60. The lowest BCUT2D eigenvalue weighted by Crippen LogP contribution is -2.33. The van der Waals surface area contributed by atoms with Crippen molar-refractivity contribution in [2.24, 2.45) is 0 Å². The third-order valence-corrected chi connectivity index (χ3v) is 3.24. The Morgan fingerprint density at radius 2 is 1.80 bits per heavy atom. The molecule has 0 spiro atoms. The first-order chi connectivity index (χ1) is 9.05. The van der Waals surface area contributed by atoms with Crippen molar-refractivity contribution < 1.29 is 9.53 Å². The van der Waals surface area contributed by atoms with Gasteiger partial charge in [0, 0.05) is 16.2 Å². The molecule has 0 radical (unpaired) electrons. The van der Waals surface area contributed by atoms with Crippen LogP contribution >= 0.6 is 11.6 Å². The molecule has 1 amide bonds. The molecule has 1 aromatic carbocycles. The summed E-state index contributed by atoms with van der Waals surface area (Å²) in [6.07, 6.45) is -0.479. The van der Waals surface area contributed by atoms with Gasteiger partial charge in [-0.2, -0.15) is 0 Å². The van der Waals surface area contributed by atoms with Gasteiger partial charge >= 0.3 is 6.09 Å². The lowest BCUT2D eigenvalue weighted by Gasteiger charge is -2.26. The van der Waals surface area contributed by atoms with Crippen LogP contribution in [0, 0.1) is 0 Å². The summed E-state index contributed by atoms with van der Waals surface area (Å²) in [7, 11) is 1.87. The largest absolute Gasteiger partial charge is 0.444 e. The molecule has 0 heterocycles. The summed E-state index contributed by atoms with van der Waals surface area (Å²) in [5, 5.41) is 6.56. The molecule has 4 nitrogen and oxygen atoms in total. The third-order valence-electron chi connectivity index (χ3n) is 2.91. The van der Waals surface area contributed by atoms with Crippen LogP contribution in [0.5, 0.6) is 0 Å². The highest BCUT2D eigenvalue weighted by Gasteiger charge is 2.22. The van der Waals surface area contributed by atoms with E-state index in [-0.39, 0.29) is 5.54 Å². The van der Waals surface area contributed by atoms with E-state index in [0.717, 1.165) is 5.56 Å². The van der Waals surface area contributed by atoms with Gasteiger partial charge in [0.1, 0.15) is 5.60 Å². The van der Waals surface area contributed by atoms with Crippen LogP contribution in [0.2, 0.25) is 5.02 Å². The van der Waals surface area contributed by atoms with E-state index < -0.39 is 11.7 Å². The van der Waals surface area contributed by atoms with Gasteiger partial charge in [0.15, 0.2) is 0 Å². The second kappa shape index (κ2) is 6.02. The molecule has 1 rings (SSSR count). The molecular weight excluding hydrogens is 276 g/mol. The van der Waals surface area contributed by atoms with Crippen molar-refractivity contribution in [1.82, 2.24) is 5.32 Å². The minimum atomic E-state index is -0.524. The number of rotatable bonds is 3. The number of hydrogen-bond donors (Lipinski definition) is 2. The molecule has 5 heteroatoms. The van der Waals surface area contributed by atoms with Crippen LogP contribution in [0.3, 0.4) is 0 Å². The summed E-state index contributed by atoms with van der Waals surface area (Å²) in [5.74, 6) is 0. The second-order valence-electron chi connectivity index (χ2n) is 6.20. The standard InChI is InChI=1S/C15H23ClN2O2/c1-14(2,3)20-13(19)18-10-7-8-12(16)11(9-10)15(4,5)17-6/h7-9,17H,1-6H3,(H,18,19). The summed E-state index contributed by atoms with van der Waals surface area (Å²) in [6, 6.07) is 5.37. The van der Waals surface area contributed by atoms with E-state index in [4.69, 9.17) is 16.3 Å². The molecule has 0 aliphatic rings. The summed E-state index contributed by atoms with van der Waals surface area (Å²) < 4.78 is 5.23. The highest BCUT2D eigenvalue weighted by atomic mass is 35.5. The fourth-order valence-electron chi connectivity index (χ4n) is 1.64. The topological polar surface area (TPSA) is 50.4 Å². The van der Waals surface area contributed by atoms with Gasteiger partial charge in [-0.15, -0.1) is 0 Å². The van der Waals surface area contributed by atoms with Crippen molar-refractivity contribution >= 4 is 23.4 Å². The molecule has 0 atom stereocenters. The smallest absolute Gasteiger partial charge is 0.412 e. The number of carbonyl (C=O) groups excluding carboxylic acids is 1. The van der Waals surface area contributed by atoms with Gasteiger partial charge in [-0.05, 0) is 65.4 Å². The van der Waals surface area contributed by atoms with Gasteiger partial charge in [-0.25, -0.2) is 4.79 Å². The summed E-state index contributed by atoms with van der Waals surface area (Å²) in [6.45, 7) is 9.51. The monoisotopic (exact) mass is 298 g/mol. The van der Waals surface area contributed by atoms with E-state index in [1.54, 1.807) is 12.1 Å². The maximum atomic E-state index is 11.8. The van der Waals surface area contributed by atoms with Crippen LogP contribution in [0.4, 0.5) is 10.5 Å². The number of nitrogens with one attached hydrogen (secondary N) is 2. The van der Waals surface area contributed by atoms with Crippen molar-refractivity contribution in [2.75, 3.05) is 12.4 Å². The predicted molar refractivity (Wildman–Crippen MR) is 83.4 cm³/mol. The molecule has 0 aromatic heterocycles. The quantitative estimate of drug-likeness (QED) is 0.881. The molecule has 0 saturated heterocycles. The highest BCUT2D eigenvalue weighted by Crippen LogP contribution is 2.30. The molecule has 0 fully saturated rings. The van der Waals surface area contributed by atoms with Crippen LogP contribution in [-0.4, -0.2) is 18.7 Å². The van der Waals surface area contributed by atoms with E-state index >= 15 is 0 Å². The Bertz CT molecular complexity index is 493. The van der Waals surface area contributed by atoms with Crippen LogP contribution < -0.4 is 10.6 Å². The average molecular weight is 299 g/mol. The van der Waals surface area contributed by atoms with E-state index in [9.17, 15) is 4.79 Å². The summed E-state index contributed by atoms with van der Waals surface area (Å²) in [5.41, 5.74) is 0.754. The fraction of sp³-hybridized carbons (Fsp3) is 0.533. The summed E-state index contributed by atoms with van der Waals surface area (Å²) >= 11 is 6.22. The maximum absolute atomic E-state index is 11.8. The lowest BCUT2D eigenvalue weighted by molar-refractivity contribution is 0.0636. The Labute approximate surface area is 125 Å². The van der Waals surface area contributed by atoms with E-state index in [2.05, 4.69) is 10.6 Å². The van der Waals surface area contributed by atoms with Crippen LogP contribution in [0.25, 0.3) is 0 Å². The molecule has 0 unspecified atom stereocenters. The molecule has 2 N–H and O–H groups in total.